The number of nitrogens with one attached hydrogen (secondary N) is 1. The number of aryl methyl sites for hydroxylation is 1. The van der Waals surface area contributed by atoms with E-state index < -0.39 is 0 Å². The van der Waals surface area contributed by atoms with Gasteiger partial charge in [-0.25, -0.2) is 0 Å². The summed E-state index contributed by atoms with van der Waals surface area (Å²) in [5, 5.41) is 9.50. The molecule has 1 aromatic heterocycles. The van der Waals surface area contributed by atoms with Gasteiger partial charge in [0, 0.05) is 24.4 Å². The Morgan fingerprint density at radius 3 is 2.63 bits per heavy atom. The molecule has 0 aliphatic heterocycles. The van der Waals surface area contributed by atoms with Crippen molar-refractivity contribution in [1.29, 1.82) is 0 Å². The Balaban J connectivity index is 2.29. The van der Waals surface area contributed by atoms with E-state index in [4.69, 9.17) is 5.10 Å². The van der Waals surface area contributed by atoms with Gasteiger partial charge in [0.05, 0.1) is 11.2 Å². The summed E-state index contributed by atoms with van der Waals surface area (Å²) >= 11 is 0. The van der Waals surface area contributed by atoms with E-state index in [-0.39, 0.29) is 0 Å². The molecule has 104 valence electrons. The third-order valence-corrected chi connectivity index (χ3v) is 3.64. The smallest absolute Gasteiger partial charge is 0.0718 e. The van der Waals surface area contributed by atoms with Crippen molar-refractivity contribution in [3.8, 4) is 0 Å². The fraction of sp³-hybridized carbons (Fsp3) is 0.562. The summed E-state index contributed by atoms with van der Waals surface area (Å²) in [7, 11) is 2.05. The van der Waals surface area contributed by atoms with E-state index in [9.17, 15) is 0 Å². The highest BCUT2D eigenvalue weighted by Crippen LogP contribution is 2.21. The molecule has 1 N–H and O–H groups in total. The first-order valence-corrected chi connectivity index (χ1v) is 7.27. The average Bonchev–Trinajstić information content (AvgIpc) is 2.76. The van der Waals surface area contributed by atoms with Gasteiger partial charge in [0.25, 0.3) is 0 Å². The molecule has 19 heavy (non-hydrogen) atoms. The SMILES string of the molecule is CCn1nc(CC(CC(C)C)NC)c2ccccc21. The molecule has 2 aromatic rings. The van der Waals surface area contributed by atoms with E-state index in [0.29, 0.717) is 12.0 Å². The summed E-state index contributed by atoms with van der Waals surface area (Å²) in [6.45, 7) is 7.61. The fourth-order valence-electron chi connectivity index (χ4n) is 2.69. The normalized spacial score (nSPS) is 13.3. The van der Waals surface area contributed by atoms with Crippen LogP contribution in [0.4, 0.5) is 0 Å². The Labute approximate surface area is 116 Å². The van der Waals surface area contributed by atoms with Crippen molar-refractivity contribution >= 4 is 10.9 Å². The van der Waals surface area contributed by atoms with Crippen LogP contribution in [0.2, 0.25) is 0 Å². The first-order valence-electron chi connectivity index (χ1n) is 7.27. The molecule has 0 bridgehead atoms. The predicted octanol–water partition coefficient (Wildman–Crippen LogP) is 3.23. The van der Waals surface area contributed by atoms with Crippen molar-refractivity contribution in [2.45, 2.75) is 46.2 Å². The molecule has 3 nitrogen and oxygen atoms in total. The molecular formula is C16H25N3. The van der Waals surface area contributed by atoms with Crippen LogP contribution in [0.3, 0.4) is 0 Å². The van der Waals surface area contributed by atoms with Crippen molar-refractivity contribution in [1.82, 2.24) is 15.1 Å². The molecule has 1 atom stereocenters. The lowest BCUT2D eigenvalue weighted by molar-refractivity contribution is 0.437. The molecular weight excluding hydrogens is 234 g/mol. The van der Waals surface area contributed by atoms with Crippen LogP contribution in [-0.2, 0) is 13.0 Å². The average molecular weight is 259 g/mol. The topological polar surface area (TPSA) is 29.9 Å². The Hall–Kier alpha value is -1.35. The van der Waals surface area contributed by atoms with E-state index in [0.717, 1.165) is 13.0 Å². The molecule has 3 heteroatoms. The minimum atomic E-state index is 0.503. The van der Waals surface area contributed by atoms with Gasteiger partial charge in [-0.15, -0.1) is 0 Å². The highest BCUT2D eigenvalue weighted by Gasteiger charge is 2.15. The highest BCUT2D eigenvalue weighted by atomic mass is 15.3. The number of hydrogen-bond donors (Lipinski definition) is 1. The molecule has 1 aromatic carbocycles. The number of aromatic nitrogens is 2. The molecule has 1 heterocycles. The zero-order valence-electron chi connectivity index (χ0n) is 12.5. The van der Waals surface area contributed by atoms with Gasteiger partial charge >= 0.3 is 0 Å². The van der Waals surface area contributed by atoms with Crippen molar-refractivity contribution in [3.63, 3.8) is 0 Å². The third kappa shape index (κ3) is 3.16. The maximum Gasteiger partial charge on any atom is 0.0718 e. The lowest BCUT2D eigenvalue weighted by Gasteiger charge is -2.17. The quantitative estimate of drug-likeness (QED) is 0.863. The standard InChI is InChI=1S/C16H25N3/c1-5-19-16-9-7-6-8-14(16)15(18-19)11-13(17-4)10-12(2)3/h6-9,12-13,17H,5,10-11H2,1-4H3. The predicted molar refractivity (Wildman–Crippen MR) is 81.4 cm³/mol. The van der Waals surface area contributed by atoms with E-state index in [1.54, 1.807) is 0 Å². The second kappa shape index (κ2) is 6.20. The second-order valence-electron chi connectivity index (χ2n) is 5.60. The van der Waals surface area contributed by atoms with Gasteiger partial charge in [-0.05, 0) is 32.4 Å². The fourth-order valence-corrected chi connectivity index (χ4v) is 2.69. The number of likely N-dealkylation sites (N-methyl/N-ethyl adjacent to an activating group) is 1. The minimum absolute atomic E-state index is 0.503. The summed E-state index contributed by atoms with van der Waals surface area (Å²) in [5.74, 6) is 0.706. The maximum absolute atomic E-state index is 4.78. The van der Waals surface area contributed by atoms with Crippen LogP contribution in [0.5, 0.6) is 0 Å². The zero-order chi connectivity index (χ0) is 13.8. The van der Waals surface area contributed by atoms with Gasteiger partial charge in [-0.2, -0.15) is 5.10 Å². The summed E-state index contributed by atoms with van der Waals surface area (Å²) in [4.78, 5) is 0. The molecule has 0 fully saturated rings. The molecule has 0 amide bonds. The minimum Gasteiger partial charge on any atom is -0.317 e. The molecule has 0 saturated carbocycles. The molecule has 0 aliphatic rings. The lowest BCUT2D eigenvalue weighted by Crippen LogP contribution is -2.29. The Kier molecular flexibility index (Phi) is 4.59. The highest BCUT2D eigenvalue weighted by molar-refractivity contribution is 5.82. The van der Waals surface area contributed by atoms with Gasteiger partial charge in [0.15, 0.2) is 0 Å². The Morgan fingerprint density at radius 2 is 2.00 bits per heavy atom. The summed E-state index contributed by atoms with van der Waals surface area (Å²) in [6.07, 6.45) is 2.19. The molecule has 1 unspecified atom stereocenters. The maximum atomic E-state index is 4.78. The number of fused-ring (bicyclic) bond motifs is 1. The van der Waals surface area contributed by atoms with Crippen LogP contribution in [0.15, 0.2) is 24.3 Å². The Morgan fingerprint density at radius 1 is 1.26 bits per heavy atom. The van der Waals surface area contributed by atoms with Crippen LogP contribution in [-0.4, -0.2) is 22.9 Å². The number of para-hydroxylation sites is 1. The van der Waals surface area contributed by atoms with Gasteiger partial charge in [-0.3, -0.25) is 4.68 Å². The van der Waals surface area contributed by atoms with Crippen LogP contribution < -0.4 is 5.32 Å². The number of rotatable bonds is 6. The second-order valence-corrected chi connectivity index (χ2v) is 5.60. The van der Waals surface area contributed by atoms with Crippen LogP contribution in [0.1, 0.15) is 32.9 Å². The first-order chi connectivity index (χ1) is 9.15. The van der Waals surface area contributed by atoms with E-state index in [1.165, 1.54) is 23.0 Å². The van der Waals surface area contributed by atoms with Crippen LogP contribution in [0.25, 0.3) is 10.9 Å². The number of benzene rings is 1. The van der Waals surface area contributed by atoms with Crippen molar-refractivity contribution in [3.05, 3.63) is 30.0 Å². The summed E-state index contributed by atoms with van der Waals surface area (Å²) in [6, 6.07) is 9.04. The zero-order valence-corrected chi connectivity index (χ0v) is 12.5. The largest absolute Gasteiger partial charge is 0.317 e. The molecule has 2 rings (SSSR count). The number of hydrogen-bond acceptors (Lipinski definition) is 2. The number of nitrogens with zero attached hydrogens (tertiary/aromatic N) is 2. The van der Waals surface area contributed by atoms with E-state index >= 15 is 0 Å². The van der Waals surface area contributed by atoms with Crippen molar-refractivity contribution in [2.75, 3.05) is 7.05 Å². The molecule has 0 saturated heterocycles. The first kappa shape index (κ1) is 14.1. The third-order valence-electron chi connectivity index (χ3n) is 3.64. The molecule has 0 aliphatic carbocycles. The molecule has 0 spiro atoms. The molecule has 0 radical (unpaired) electrons. The van der Waals surface area contributed by atoms with Crippen molar-refractivity contribution in [2.24, 2.45) is 5.92 Å². The van der Waals surface area contributed by atoms with E-state index in [2.05, 4.69) is 55.0 Å². The van der Waals surface area contributed by atoms with Crippen molar-refractivity contribution < 1.29 is 0 Å². The van der Waals surface area contributed by atoms with Gasteiger partial charge in [-0.1, -0.05) is 32.0 Å². The monoisotopic (exact) mass is 259 g/mol. The van der Waals surface area contributed by atoms with Gasteiger partial charge in [0.1, 0.15) is 0 Å². The van der Waals surface area contributed by atoms with Gasteiger partial charge in [0.2, 0.25) is 0 Å². The van der Waals surface area contributed by atoms with Crippen LogP contribution >= 0.6 is 0 Å². The lowest BCUT2D eigenvalue weighted by atomic mass is 9.99. The summed E-state index contributed by atoms with van der Waals surface area (Å²) in [5.41, 5.74) is 2.47. The summed E-state index contributed by atoms with van der Waals surface area (Å²) < 4.78 is 2.10. The van der Waals surface area contributed by atoms with Gasteiger partial charge < -0.3 is 5.32 Å². The van der Waals surface area contributed by atoms with Crippen LogP contribution in [0, 0.1) is 5.92 Å². The Bertz CT molecular complexity index is 528. The van der Waals surface area contributed by atoms with E-state index in [1.807, 2.05) is 7.05 Å².